The van der Waals surface area contributed by atoms with Gasteiger partial charge < -0.3 is 9.47 Å². The van der Waals surface area contributed by atoms with Gasteiger partial charge in [0, 0.05) is 38.9 Å². The third-order valence-electron chi connectivity index (χ3n) is 13.0. The highest BCUT2D eigenvalue weighted by molar-refractivity contribution is 6.17. The molecule has 2 nitrogen and oxygen atoms in total. The Balaban J connectivity index is 0.878. The molecule has 11 aromatic rings. The average Bonchev–Trinajstić information content (AvgIpc) is 3.76. The van der Waals surface area contributed by atoms with Crippen molar-refractivity contribution in [2.75, 3.05) is 4.90 Å². The molecule has 0 N–H and O–H groups in total. The summed E-state index contributed by atoms with van der Waals surface area (Å²) in [5.74, 6) is 0. The fraction of sp³-hybridized carbons (Fsp3) is 0.0508. The van der Waals surface area contributed by atoms with Crippen LogP contribution in [0.4, 0.5) is 17.1 Å². The summed E-state index contributed by atoms with van der Waals surface area (Å²) >= 11 is 0. The Kier molecular flexibility index (Phi) is 7.92. The number of nitrogens with zero attached hydrogens (tertiary/aromatic N) is 2. The zero-order valence-corrected chi connectivity index (χ0v) is 34.2. The molecule has 61 heavy (non-hydrogen) atoms. The molecule has 1 heterocycles. The highest BCUT2D eigenvalue weighted by Crippen LogP contribution is 2.51. The highest BCUT2D eigenvalue weighted by atomic mass is 15.1. The number of rotatable bonds is 7. The minimum atomic E-state index is -0.151. The summed E-state index contributed by atoms with van der Waals surface area (Å²) in [4.78, 5) is 2.32. The molecule has 0 bridgehead atoms. The Bertz CT molecular complexity index is 3500. The molecule has 0 atom stereocenters. The predicted octanol–water partition coefficient (Wildman–Crippen LogP) is 16.2. The Labute approximate surface area is 355 Å². The molecule has 0 unspecified atom stereocenters. The van der Waals surface area contributed by atoms with Crippen molar-refractivity contribution in [1.82, 2.24) is 4.57 Å². The van der Waals surface area contributed by atoms with E-state index in [2.05, 4.69) is 242 Å². The lowest BCUT2D eigenvalue weighted by atomic mass is 9.80. The van der Waals surface area contributed by atoms with Crippen LogP contribution in [0.1, 0.15) is 36.1 Å². The van der Waals surface area contributed by atoms with E-state index in [0.29, 0.717) is 0 Å². The van der Waals surface area contributed by atoms with Crippen LogP contribution < -0.4 is 4.90 Å². The first-order valence-corrected chi connectivity index (χ1v) is 21.2. The molecular weight excluding hydrogens is 737 g/mol. The molecular formula is C59H42N2. The molecule has 2 heteroatoms. The smallest absolute Gasteiger partial charge is 0.0541 e. The van der Waals surface area contributed by atoms with E-state index in [1.807, 2.05) is 0 Å². The maximum Gasteiger partial charge on any atom is 0.0541 e. The summed E-state index contributed by atoms with van der Waals surface area (Å²) in [6.45, 7) is 4.80. The van der Waals surface area contributed by atoms with Gasteiger partial charge in [-0.25, -0.2) is 0 Å². The second kappa shape index (κ2) is 13.7. The molecule has 1 aliphatic rings. The van der Waals surface area contributed by atoms with Crippen molar-refractivity contribution >= 4 is 83.3 Å². The van der Waals surface area contributed by atoms with Gasteiger partial charge in [0.1, 0.15) is 0 Å². The number of benzene rings is 10. The van der Waals surface area contributed by atoms with Crippen molar-refractivity contribution in [3.63, 3.8) is 0 Å². The van der Waals surface area contributed by atoms with Crippen LogP contribution in [-0.4, -0.2) is 4.57 Å². The molecule has 288 valence electrons. The van der Waals surface area contributed by atoms with Crippen molar-refractivity contribution < 1.29 is 0 Å². The fourth-order valence-electron chi connectivity index (χ4n) is 10.0. The third kappa shape index (κ3) is 5.71. The first kappa shape index (κ1) is 35.3. The van der Waals surface area contributed by atoms with Gasteiger partial charge in [-0.15, -0.1) is 0 Å². The zero-order chi connectivity index (χ0) is 40.7. The third-order valence-corrected chi connectivity index (χ3v) is 13.0. The van der Waals surface area contributed by atoms with Gasteiger partial charge >= 0.3 is 0 Å². The summed E-state index contributed by atoms with van der Waals surface area (Å²) in [6.07, 6.45) is 4.55. The Morgan fingerprint density at radius 2 is 0.967 bits per heavy atom. The van der Waals surface area contributed by atoms with Crippen molar-refractivity contribution in [3.05, 3.63) is 229 Å². The highest BCUT2D eigenvalue weighted by Gasteiger charge is 2.35. The van der Waals surface area contributed by atoms with Gasteiger partial charge in [-0.3, -0.25) is 0 Å². The first-order valence-electron chi connectivity index (χ1n) is 21.2. The van der Waals surface area contributed by atoms with Crippen LogP contribution in [0, 0.1) is 0 Å². The van der Waals surface area contributed by atoms with E-state index >= 15 is 0 Å². The van der Waals surface area contributed by atoms with E-state index in [-0.39, 0.29) is 5.41 Å². The molecule has 1 aromatic heterocycles. The molecule has 0 saturated carbocycles. The molecule has 0 spiro atoms. The van der Waals surface area contributed by atoms with Crippen LogP contribution in [0.5, 0.6) is 0 Å². The fourth-order valence-corrected chi connectivity index (χ4v) is 10.0. The van der Waals surface area contributed by atoms with Crippen LogP contribution in [-0.2, 0) is 5.41 Å². The lowest BCUT2D eigenvalue weighted by Gasteiger charge is -2.25. The Morgan fingerprint density at radius 3 is 1.72 bits per heavy atom. The van der Waals surface area contributed by atoms with E-state index in [0.717, 1.165) is 17.1 Å². The number of anilines is 3. The second-order valence-corrected chi connectivity index (χ2v) is 17.0. The summed E-state index contributed by atoms with van der Waals surface area (Å²) < 4.78 is 2.39. The summed E-state index contributed by atoms with van der Waals surface area (Å²) in [6, 6.07) is 75.5. The maximum atomic E-state index is 2.47. The molecule has 0 fully saturated rings. The van der Waals surface area contributed by atoms with Crippen LogP contribution in [0.2, 0.25) is 0 Å². The standard InChI is InChI=1S/C59H42N2/c1-59(2)53-34-40(23-22-39-24-25-42-36-50(30-28-41(42)32-39)60(47-14-6-3-7-15-47)48-16-8-4-9-17-48)33-44-26-27-45-35-46(38-54(59)58(45)57(44)53)43-29-31-56-52(37-43)51-20-12-13-21-55(51)61(56)49-18-10-5-11-19-49/h3-38H,1-2H3. The SMILES string of the molecule is CC1(C)c2cc(C=Cc3ccc4cc(N(c5ccccc5)c5ccccc5)ccc4c3)cc3ccc4cc(-c5ccc6c(c5)c5ccccc5n6-c5ccccc5)cc1c4c23. The summed E-state index contributed by atoms with van der Waals surface area (Å²) in [7, 11) is 0. The zero-order valence-electron chi connectivity index (χ0n) is 34.2. The second-order valence-electron chi connectivity index (χ2n) is 17.0. The molecule has 1 aliphatic carbocycles. The van der Waals surface area contributed by atoms with Crippen molar-refractivity contribution in [2.24, 2.45) is 0 Å². The molecule has 0 radical (unpaired) electrons. The predicted molar refractivity (Wildman–Crippen MR) is 261 cm³/mol. The van der Waals surface area contributed by atoms with E-state index in [9.17, 15) is 0 Å². The van der Waals surface area contributed by atoms with Gasteiger partial charge in [0.05, 0.1) is 11.0 Å². The van der Waals surface area contributed by atoms with Crippen LogP contribution in [0.25, 0.3) is 83.1 Å². The van der Waals surface area contributed by atoms with Gasteiger partial charge in [-0.05, 0) is 157 Å². The Hall–Kier alpha value is -7.68. The lowest BCUT2D eigenvalue weighted by Crippen LogP contribution is -2.15. The van der Waals surface area contributed by atoms with E-state index in [1.54, 1.807) is 0 Å². The number of para-hydroxylation sites is 4. The Morgan fingerprint density at radius 1 is 0.393 bits per heavy atom. The molecule has 12 rings (SSSR count). The first-order chi connectivity index (χ1) is 30.0. The van der Waals surface area contributed by atoms with Crippen LogP contribution in [0.3, 0.4) is 0 Å². The normalized spacial score (nSPS) is 13.1. The van der Waals surface area contributed by atoms with Crippen LogP contribution in [0.15, 0.2) is 206 Å². The van der Waals surface area contributed by atoms with Crippen molar-refractivity contribution in [1.29, 1.82) is 0 Å². The lowest BCUT2D eigenvalue weighted by molar-refractivity contribution is 0.663. The molecule has 10 aromatic carbocycles. The van der Waals surface area contributed by atoms with Gasteiger partial charge in [0.15, 0.2) is 0 Å². The number of hydrogen-bond acceptors (Lipinski definition) is 1. The maximum absolute atomic E-state index is 2.47. The van der Waals surface area contributed by atoms with Gasteiger partial charge in [-0.1, -0.05) is 141 Å². The van der Waals surface area contributed by atoms with Crippen molar-refractivity contribution in [2.45, 2.75) is 19.3 Å². The number of hydrogen-bond donors (Lipinski definition) is 0. The minimum Gasteiger partial charge on any atom is -0.310 e. The quantitative estimate of drug-likeness (QED) is 0.116. The van der Waals surface area contributed by atoms with Gasteiger partial charge in [0.2, 0.25) is 0 Å². The molecule has 0 amide bonds. The monoisotopic (exact) mass is 778 g/mol. The van der Waals surface area contributed by atoms with Gasteiger partial charge in [0.25, 0.3) is 0 Å². The molecule has 0 saturated heterocycles. The van der Waals surface area contributed by atoms with E-state index < -0.39 is 0 Å². The topological polar surface area (TPSA) is 8.17 Å². The largest absolute Gasteiger partial charge is 0.310 e. The van der Waals surface area contributed by atoms with Crippen LogP contribution >= 0.6 is 0 Å². The number of fused-ring (bicyclic) bond motifs is 4. The summed E-state index contributed by atoms with van der Waals surface area (Å²) in [5.41, 5.74) is 14.6. The molecule has 0 aliphatic heterocycles. The van der Waals surface area contributed by atoms with E-state index in [4.69, 9.17) is 0 Å². The van der Waals surface area contributed by atoms with Crippen molar-refractivity contribution in [3.8, 4) is 16.8 Å². The minimum absolute atomic E-state index is 0.151. The van der Waals surface area contributed by atoms with E-state index in [1.165, 1.54) is 93.2 Å². The average molecular weight is 779 g/mol. The van der Waals surface area contributed by atoms with Gasteiger partial charge in [-0.2, -0.15) is 0 Å². The number of aromatic nitrogens is 1. The summed E-state index contributed by atoms with van der Waals surface area (Å²) in [5, 5.41) is 10.4.